The van der Waals surface area contributed by atoms with Gasteiger partial charge in [0.15, 0.2) is 5.82 Å². The van der Waals surface area contributed by atoms with E-state index in [0.717, 1.165) is 17.0 Å². The maximum atomic E-state index is 13.2. The van der Waals surface area contributed by atoms with Crippen molar-refractivity contribution in [1.29, 1.82) is 5.26 Å². The Bertz CT molecular complexity index is 1470. The molecule has 0 aliphatic carbocycles. The molecular weight excluding hydrogens is 382 g/mol. The molecular formula is C21H15N7O2. The van der Waals surface area contributed by atoms with Gasteiger partial charge in [0.05, 0.1) is 25.3 Å². The maximum Gasteiger partial charge on any atom is 0.298 e. The molecule has 0 bridgehead atoms. The Hall–Kier alpha value is -4.45. The summed E-state index contributed by atoms with van der Waals surface area (Å²) in [7, 11) is 1.60. The third-order valence-corrected chi connectivity index (χ3v) is 4.78. The highest BCUT2D eigenvalue weighted by Gasteiger charge is 2.26. The van der Waals surface area contributed by atoms with E-state index in [2.05, 4.69) is 21.3 Å². The summed E-state index contributed by atoms with van der Waals surface area (Å²) in [5.41, 5.74) is 1.28. The Kier molecular flexibility index (Phi) is 4.03. The molecule has 2 aliphatic rings. The number of para-hydroxylation sites is 1. The molecule has 3 aromatic rings. The molecule has 2 aliphatic heterocycles. The molecule has 9 nitrogen and oxygen atoms in total. The molecule has 30 heavy (non-hydrogen) atoms. The van der Waals surface area contributed by atoms with Crippen molar-refractivity contribution >= 4 is 11.9 Å². The summed E-state index contributed by atoms with van der Waals surface area (Å²) >= 11 is 0. The molecule has 0 saturated heterocycles. The molecule has 0 N–H and O–H groups in total. The Morgan fingerprint density at radius 1 is 1.10 bits per heavy atom. The lowest BCUT2D eigenvalue weighted by atomic mass is 10.2. The van der Waals surface area contributed by atoms with Crippen molar-refractivity contribution in [2.75, 3.05) is 7.11 Å². The summed E-state index contributed by atoms with van der Waals surface area (Å²) in [6, 6.07) is 18.9. The van der Waals surface area contributed by atoms with Gasteiger partial charge in [-0.15, -0.1) is 10.2 Å². The molecule has 0 radical (unpaired) electrons. The zero-order valence-electron chi connectivity index (χ0n) is 15.9. The van der Waals surface area contributed by atoms with Gasteiger partial charge >= 0.3 is 0 Å². The topological polar surface area (TPSA) is 103 Å². The molecule has 1 aromatic heterocycles. The van der Waals surface area contributed by atoms with Crippen LogP contribution in [0.15, 0.2) is 59.4 Å². The smallest absolute Gasteiger partial charge is 0.298 e. The van der Waals surface area contributed by atoms with Crippen LogP contribution in [0.25, 0.3) is 23.5 Å². The Labute approximate surface area is 170 Å². The van der Waals surface area contributed by atoms with Crippen LogP contribution in [0.4, 0.5) is 0 Å². The maximum absolute atomic E-state index is 13.2. The standard InChI is InChI=1S/C21H15N7O2/c1-30-16-9-7-14(8-10-16)13-17-19(29)28-20(23-17)26(15-5-3-2-4-6-15)21-25-24-18(11-12-22)27(21)28/h2-10,13H,11H2,1H3/b17-13-. The predicted octanol–water partition coefficient (Wildman–Crippen LogP) is 1.13. The van der Waals surface area contributed by atoms with Crippen molar-refractivity contribution < 1.29 is 4.74 Å². The van der Waals surface area contributed by atoms with E-state index in [0.29, 0.717) is 17.6 Å². The van der Waals surface area contributed by atoms with Crippen LogP contribution in [0, 0.1) is 11.3 Å². The second kappa shape index (κ2) is 6.86. The largest absolute Gasteiger partial charge is 0.497 e. The van der Waals surface area contributed by atoms with Gasteiger partial charge in [0.1, 0.15) is 11.1 Å². The van der Waals surface area contributed by atoms with Gasteiger partial charge < -0.3 is 4.74 Å². The molecule has 0 amide bonds. The number of nitrogens with zero attached hydrogens (tertiary/aromatic N) is 7. The fourth-order valence-electron chi connectivity index (χ4n) is 3.40. The van der Waals surface area contributed by atoms with E-state index in [-0.39, 0.29) is 17.3 Å². The molecule has 0 unspecified atom stereocenters. The molecule has 9 heteroatoms. The highest BCUT2D eigenvalue weighted by Crippen LogP contribution is 2.20. The second-order valence-electron chi connectivity index (χ2n) is 6.57. The van der Waals surface area contributed by atoms with Crippen LogP contribution >= 0.6 is 0 Å². The predicted molar refractivity (Wildman–Crippen MR) is 108 cm³/mol. The summed E-state index contributed by atoms with van der Waals surface area (Å²) in [4.78, 5) is 17.8. The van der Waals surface area contributed by atoms with Gasteiger partial charge in [0.2, 0.25) is 5.95 Å². The van der Waals surface area contributed by atoms with E-state index in [1.165, 1.54) is 4.68 Å². The third kappa shape index (κ3) is 2.62. The first-order valence-electron chi connectivity index (χ1n) is 9.17. The zero-order chi connectivity index (χ0) is 20.7. The van der Waals surface area contributed by atoms with Gasteiger partial charge in [-0.3, -0.25) is 4.79 Å². The van der Waals surface area contributed by atoms with Gasteiger partial charge in [-0.05, 0) is 35.9 Å². The number of hydrogen-bond acceptors (Lipinski definition) is 6. The van der Waals surface area contributed by atoms with Crippen LogP contribution in [0.3, 0.4) is 0 Å². The molecule has 5 rings (SSSR count). The third-order valence-electron chi connectivity index (χ3n) is 4.78. The molecule has 0 fully saturated rings. The highest BCUT2D eigenvalue weighted by atomic mass is 16.5. The average Bonchev–Trinajstić information content (AvgIpc) is 3.41. The number of aromatic nitrogens is 6. The fourth-order valence-corrected chi connectivity index (χ4v) is 3.40. The zero-order valence-corrected chi connectivity index (χ0v) is 15.9. The summed E-state index contributed by atoms with van der Waals surface area (Å²) < 4.78 is 9.88. The van der Waals surface area contributed by atoms with E-state index in [4.69, 9.17) is 10.00 Å². The number of methoxy groups -OCH3 is 1. The number of hydrogen-bond donors (Lipinski definition) is 0. The Morgan fingerprint density at radius 3 is 2.57 bits per heavy atom. The number of benzene rings is 2. The van der Waals surface area contributed by atoms with Crippen LogP contribution in [0.1, 0.15) is 11.4 Å². The summed E-state index contributed by atoms with van der Waals surface area (Å²) in [6.45, 7) is 0. The first-order valence-corrected chi connectivity index (χ1v) is 9.17. The van der Waals surface area contributed by atoms with E-state index in [9.17, 15) is 4.79 Å². The molecule has 0 spiro atoms. The van der Waals surface area contributed by atoms with Crippen LogP contribution < -0.4 is 15.6 Å². The van der Waals surface area contributed by atoms with Gasteiger partial charge in [0.25, 0.3) is 11.3 Å². The van der Waals surface area contributed by atoms with Crippen molar-refractivity contribution in [1.82, 2.24) is 28.9 Å². The lowest BCUT2D eigenvalue weighted by molar-refractivity contribution is 0.415. The molecule has 2 aromatic carbocycles. The SMILES string of the molecule is COc1ccc(/C=c2\nc3n(-c4ccccc4)c4nnc(CC#N)n4n-3c2=O)cc1. The highest BCUT2D eigenvalue weighted by molar-refractivity contribution is 5.53. The summed E-state index contributed by atoms with van der Waals surface area (Å²) in [6.07, 6.45) is 1.73. The monoisotopic (exact) mass is 397 g/mol. The van der Waals surface area contributed by atoms with Crippen LogP contribution in [-0.2, 0) is 6.42 Å². The Balaban J connectivity index is 1.81. The quantitative estimate of drug-likeness (QED) is 0.450. The number of fused-ring (bicyclic) bond motifs is 3. The minimum absolute atomic E-state index is 0.0181. The number of ether oxygens (including phenoxy) is 1. The van der Waals surface area contributed by atoms with Crippen molar-refractivity contribution in [3.63, 3.8) is 0 Å². The number of rotatable bonds is 4. The van der Waals surface area contributed by atoms with Crippen LogP contribution in [0.2, 0.25) is 0 Å². The molecule has 0 atom stereocenters. The summed E-state index contributed by atoms with van der Waals surface area (Å²) in [5.74, 6) is 1.92. The van der Waals surface area contributed by atoms with E-state index < -0.39 is 0 Å². The second-order valence-corrected chi connectivity index (χ2v) is 6.57. The Morgan fingerprint density at radius 2 is 1.87 bits per heavy atom. The lowest BCUT2D eigenvalue weighted by Crippen LogP contribution is -2.29. The van der Waals surface area contributed by atoms with E-state index in [1.807, 2.05) is 54.6 Å². The van der Waals surface area contributed by atoms with Gasteiger partial charge in [0, 0.05) is 0 Å². The minimum Gasteiger partial charge on any atom is -0.497 e. The average molecular weight is 397 g/mol. The van der Waals surface area contributed by atoms with Crippen molar-refractivity contribution in [2.24, 2.45) is 0 Å². The lowest BCUT2D eigenvalue weighted by Gasteiger charge is -2.02. The van der Waals surface area contributed by atoms with Gasteiger partial charge in [-0.25, -0.2) is 9.55 Å². The van der Waals surface area contributed by atoms with Crippen molar-refractivity contribution in [3.8, 4) is 23.5 Å². The summed E-state index contributed by atoms with van der Waals surface area (Å²) in [5, 5.41) is 17.7. The molecule has 146 valence electrons. The first kappa shape index (κ1) is 17.6. The fraction of sp³-hybridized carbons (Fsp3) is 0.0952. The van der Waals surface area contributed by atoms with Crippen molar-refractivity contribution in [2.45, 2.75) is 6.42 Å². The van der Waals surface area contributed by atoms with Gasteiger partial charge in [-0.2, -0.15) is 14.5 Å². The van der Waals surface area contributed by atoms with E-state index >= 15 is 0 Å². The van der Waals surface area contributed by atoms with E-state index in [1.54, 1.807) is 22.3 Å². The van der Waals surface area contributed by atoms with Crippen molar-refractivity contribution in [3.05, 3.63) is 81.7 Å². The first-order chi connectivity index (χ1) is 14.7. The molecule has 3 heterocycles. The normalized spacial score (nSPS) is 11.9. The molecule has 0 saturated carbocycles. The minimum atomic E-state index is -0.320. The number of imidazole rings is 1. The van der Waals surface area contributed by atoms with Gasteiger partial charge in [-0.1, -0.05) is 30.3 Å². The number of nitriles is 1. The van der Waals surface area contributed by atoms with Crippen LogP contribution in [-0.4, -0.2) is 36.1 Å². The van der Waals surface area contributed by atoms with Crippen LogP contribution in [0.5, 0.6) is 5.75 Å².